The number of ether oxygens (including phenoxy) is 1. The minimum absolute atomic E-state index is 0.0647. The molecular weight excluding hydrogens is 328 g/mol. The van der Waals surface area contributed by atoms with Gasteiger partial charge in [-0.2, -0.15) is 0 Å². The maximum atomic E-state index is 12.1. The van der Waals surface area contributed by atoms with Crippen molar-refractivity contribution in [1.29, 1.82) is 0 Å². The monoisotopic (exact) mass is 354 g/mol. The van der Waals surface area contributed by atoms with Crippen molar-refractivity contribution >= 4 is 11.8 Å². The molecule has 2 aromatic carbocycles. The van der Waals surface area contributed by atoms with Crippen LogP contribution in [0.25, 0.3) is 0 Å². The number of nitrogens with one attached hydrogen (secondary N) is 2. The van der Waals surface area contributed by atoms with E-state index in [-0.39, 0.29) is 24.4 Å². The lowest BCUT2D eigenvalue weighted by Gasteiger charge is -2.14. The maximum absolute atomic E-state index is 12.1. The fourth-order valence-corrected chi connectivity index (χ4v) is 2.42. The average Bonchev–Trinajstić information content (AvgIpc) is 2.67. The third-order valence-corrected chi connectivity index (χ3v) is 3.97. The third-order valence-electron chi connectivity index (χ3n) is 3.97. The summed E-state index contributed by atoms with van der Waals surface area (Å²) in [5.41, 5.74) is 1.52. The minimum Gasteiger partial charge on any atom is -0.494 e. The van der Waals surface area contributed by atoms with Gasteiger partial charge < -0.3 is 15.4 Å². The summed E-state index contributed by atoms with van der Waals surface area (Å²) >= 11 is 0. The van der Waals surface area contributed by atoms with Crippen molar-refractivity contribution < 1.29 is 14.3 Å². The Bertz CT molecular complexity index is 699. The second-order valence-corrected chi connectivity index (χ2v) is 6.11. The Morgan fingerprint density at radius 3 is 2.38 bits per heavy atom. The molecule has 2 N–H and O–H groups in total. The molecule has 0 saturated carbocycles. The van der Waals surface area contributed by atoms with Crippen LogP contribution >= 0.6 is 0 Å². The molecule has 0 unspecified atom stereocenters. The molecule has 138 valence electrons. The average molecular weight is 354 g/mol. The smallest absolute Gasteiger partial charge is 0.251 e. The summed E-state index contributed by atoms with van der Waals surface area (Å²) in [6, 6.07) is 16.5. The molecular formula is C21H26N2O3. The van der Waals surface area contributed by atoms with E-state index in [2.05, 4.69) is 17.6 Å². The van der Waals surface area contributed by atoms with Crippen molar-refractivity contribution in [3.8, 4) is 5.75 Å². The second-order valence-electron chi connectivity index (χ2n) is 6.11. The van der Waals surface area contributed by atoms with Gasteiger partial charge in [-0.1, -0.05) is 43.7 Å². The number of amides is 2. The van der Waals surface area contributed by atoms with E-state index in [0.29, 0.717) is 12.2 Å². The molecule has 5 heteroatoms. The Balaban J connectivity index is 1.77. The molecule has 0 spiro atoms. The van der Waals surface area contributed by atoms with Gasteiger partial charge in [0.2, 0.25) is 5.91 Å². The first-order valence-electron chi connectivity index (χ1n) is 8.95. The molecule has 0 heterocycles. The summed E-state index contributed by atoms with van der Waals surface area (Å²) < 4.78 is 5.57. The Hall–Kier alpha value is -2.82. The first kappa shape index (κ1) is 19.5. The van der Waals surface area contributed by atoms with Gasteiger partial charge >= 0.3 is 0 Å². The number of hydrogen-bond acceptors (Lipinski definition) is 3. The number of carbonyl (C=O) groups is 2. The number of benzene rings is 2. The summed E-state index contributed by atoms with van der Waals surface area (Å²) in [6.07, 6.45) is 2.07. The van der Waals surface area contributed by atoms with Gasteiger partial charge in [-0.25, -0.2) is 0 Å². The van der Waals surface area contributed by atoms with E-state index in [1.165, 1.54) is 0 Å². The lowest BCUT2D eigenvalue weighted by molar-refractivity contribution is -0.120. The Morgan fingerprint density at radius 2 is 1.73 bits per heavy atom. The van der Waals surface area contributed by atoms with Crippen molar-refractivity contribution in [2.75, 3.05) is 13.2 Å². The van der Waals surface area contributed by atoms with Gasteiger partial charge in [0.15, 0.2) is 0 Å². The molecule has 0 aliphatic heterocycles. The summed E-state index contributed by atoms with van der Waals surface area (Å²) in [4.78, 5) is 24.2. The van der Waals surface area contributed by atoms with Crippen LogP contribution in [0, 0.1) is 0 Å². The van der Waals surface area contributed by atoms with Crippen molar-refractivity contribution in [2.24, 2.45) is 0 Å². The lowest BCUT2D eigenvalue weighted by atomic mass is 10.1. The van der Waals surface area contributed by atoms with Crippen LogP contribution in [0.1, 0.15) is 48.7 Å². The predicted molar refractivity (Wildman–Crippen MR) is 102 cm³/mol. The van der Waals surface area contributed by atoms with Gasteiger partial charge in [0.25, 0.3) is 5.91 Å². The van der Waals surface area contributed by atoms with Crippen molar-refractivity contribution in [1.82, 2.24) is 10.6 Å². The standard InChI is InChI=1S/C21H26N2O3/c1-3-4-14-26-19-12-10-18(11-13-19)21(25)22-15-20(24)23-16(2)17-8-6-5-7-9-17/h5-13,16H,3-4,14-15H2,1-2H3,(H,22,25)(H,23,24)/t16-/m1/s1. The quantitative estimate of drug-likeness (QED) is 0.678. The van der Waals surface area contributed by atoms with Crippen molar-refractivity contribution in [2.45, 2.75) is 32.7 Å². The highest BCUT2D eigenvalue weighted by molar-refractivity contribution is 5.96. The van der Waals surface area contributed by atoms with Gasteiger partial charge in [0.1, 0.15) is 5.75 Å². The molecule has 2 amide bonds. The van der Waals surface area contributed by atoms with Crippen LogP contribution in [0.2, 0.25) is 0 Å². The van der Waals surface area contributed by atoms with Crippen LogP contribution in [-0.4, -0.2) is 25.0 Å². The molecule has 0 saturated heterocycles. The summed E-state index contributed by atoms with van der Waals surface area (Å²) in [6.45, 7) is 4.62. The largest absolute Gasteiger partial charge is 0.494 e. The van der Waals surface area contributed by atoms with Crippen molar-refractivity contribution in [3.63, 3.8) is 0 Å². The topological polar surface area (TPSA) is 67.4 Å². The van der Waals surface area contributed by atoms with Crippen LogP contribution < -0.4 is 15.4 Å². The van der Waals surface area contributed by atoms with E-state index >= 15 is 0 Å². The molecule has 5 nitrogen and oxygen atoms in total. The first-order valence-corrected chi connectivity index (χ1v) is 8.95. The molecule has 2 rings (SSSR count). The van der Waals surface area contributed by atoms with Gasteiger partial charge in [0, 0.05) is 5.56 Å². The molecule has 1 atom stereocenters. The van der Waals surface area contributed by atoms with Crippen LogP contribution in [0.4, 0.5) is 0 Å². The minimum atomic E-state index is -0.285. The highest BCUT2D eigenvalue weighted by Crippen LogP contribution is 2.13. The fraction of sp³-hybridized carbons (Fsp3) is 0.333. The zero-order chi connectivity index (χ0) is 18.8. The molecule has 2 aromatic rings. The van der Waals surface area contributed by atoms with Gasteiger partial charge in [-0.05, 0) is 43.2 Å². The number of rotatable bonds is 9. The Morgan fingerprint density at radius 1 is 1.04 bits per heavy atom. The van der Waals surface area contributed by atoms with E-state index in [0.717, 1.165) is 24.2 Å². The molecule has 0 aliphatic carbocycles. The lowest BCUT2D eigenvalue weighted by Crippen LogP contribution is -2.38. The van der Waals surface area contributed by atoms with Crippen LogP contribution in [-0.2, 0) is 4.79 Å². The van der Waals surface area contributed by atoms with Crippen LogP contribution in [0.5, 0.6) is 5.75 Å². The second kappa shape index (κ2) is 10.2. The summed E-state index contributed by atoms with van der Waals surface area (Å²) in [7, 11) is 0. The molecule has 26 heavy (non-hydrogen) atoms. The Kier molecular flexibility index (Phi) is 7.68. The predicted octanol–water partition coefficient (Wildman–Crippen LogP) is 3.47. The zero-order valence-corrected chi connectivity index (χ0v) is 15.3. The molecule has 0 aliphatic rings. The Labute approximate surface area is 154 Å². The summed E-state index contributed by atoms with van der Waals surface area (Å²) in [5, 5.41) is 5.50. The van der Waals surface area contributed by atoms with Crippen molar-refractivity contribution in [3.05, 3.63) is 65.7 Å². The van der Waals surface area contributed by atoms with Gasteiger partial charge in [-0.15, -0.1) is 0 Å². The molecule has 0 aromatic heterocycles. The third kappa shape index (κ3) is 6.24. The van der Waals surface area contributed by atoms with Gasteiger partial charge in [-0.3, -0.25) is 9.59 Å². The van der Waals surface area contributed by atoms with E-state index in [4.69, 9.17) is 4.74 Å². The highest BCUT2D eigenvalue weighted by atomic mass is 16.5. The van der Waals surface area contributed by atoms with E-state index in [1.54, 1.807) is 24.3 Å². The first-order chi connectivity index (χ1) is 12.6. The summed E-state index contributed by atoms with van der Waals surface area (Å²) in [5.74, 6) is 0.228. The van der Waals surface area contributed by atoms with Crippen LogP contribution in [0.15, 0.2) is 54.6 Å². The fourth-order valence-electron chi connectivity index (χ4n) is 2.42. The molecule has 0 fully saturated rings. The zero-order valence-electron chi connectivity index (χ0n) is 15.3. The maximum Gasteiger partial charge on any atom is 0.251 e. The van der Waals surface area contributed by atoms with E-state index in [9.17, 15) is 9.59 Å². The number of unbranched alkanes of at least 4 members (excludes halogenated alkanes) is 1. The highest BCUT2D eigenvalue weighted by Gasteiger charge is 2.11. The normalized spacial score (nSPS) is 11.5. The molecule has 0 bridgehead atoms. The SMILES string of the molecule is CCCCOc1ccc(C(=O)NCC(=O)N[C@H](C)c2ccccc2)cc1. The number of carbonyl (C=O) groups excluding carboxylic acids is 2. The van der Waals surface area contributed by atoms with E-state index < -0.39 is 0 Å². The molecule has 0 radical (unpaired) electrons. The van der Waals surface area contributed by atoms with Gasteiger partial charge in [0.05, 0.1) is 19.2 Å². The van der Waals surface area contributed by atoms with E-state index in [1.807, 2.05) is 37.3 Å². The van der Waals surface area contributed by atoms with Crippen LogP contribution in [0.3, 0.4) is 0 Å². The number of hydrogen-bond donors (Lipinski definition) is 2.